The zero-order valence-electron chi connectivity index (χ0n) is 18.2. The summed E-state index contributed by atoms with van der Waals surface area (Å²) in [5.74, 6) is 0.298. The number of ether oxygens (including phenoxy) is 1. The van der Waals surface area contributed by atoms with E-state index >= 15 is 0 Å². The lowest BCUT2D eigenvalue weighted by Gasteiger charge is -2.18. The fourth-order valence-corrected chi connectivity index (χ4v) is 3.49. The van der Waals surface area contributed by atoms with E-state index in [-0.39, 0.29) is 5.78 Å². The smallest absolute Gasteiger partial charge is 0.220 e. The highest BCUT2D eigenvalue weighted by atomic mass is 16.5. The summed E-state index contributed by atoms with van der Waals surface area (Å²) in [6.07, 6.45) is 31.5. The third-order valence-electron chi connectivity index (χ3n) is 5.34. The lowest BCUT2D eigenvalue weighted by atomic mass is 10.1. The molecule has 1 aliphatic carbocycles. The van der Waals surface area contributed by atoms with Crippen LogP contribution in [0.2, 0.25) is 0 Å². The molecule has 0 unspecified atom stereocenters. The van der Waals surface area contributed by atoms with Gasteiger partial charge in [0, 0.05) is 18.9 Å². The van der Waals surface area contributed by atoms with Crippen LogP contribution in [0.25, 0.3) is 0 Å². The summed E-state index contributed by atoms with van der Waals surface area (Å²) in [5.41, 5.74) is 2.11. The molecule has 0 bridgehead atoms. The molecule has 2 rings (SSSR count). The van der Waals surface area contributed by atoms with E-state index in [1.54, 1.807) is 12.2 Å². The minimum absolute atomic E-state index is 0.0858. The standard InChI is InChI=1S/C26H37NO2/c1-3-4-5-6-7-8-9-10-11-12-19-27-20-17-23(18-21-27)13-14-24-15-16-25(28)26(22-24)29-2/h13-18,20-22H,3-12,19H2,1-2H3. The molecule has 158 valence electrons. The fraction of sp³-hybridized carbons (Fsp3) is 0.500. The summed E-state index contributed by atoms with van der Waals surface area (Å²) in [6, 6.07) is 0. The fourth-order valence-electron chi connectivity index (χ4n) is 3.49. The summed E-state index contributed by atoms with van der Waals surface area (Å²) >= 11 is 0. The molecule has 0 amide bonds. The Hall–Kier alpha value is -2.29. The zero-order chi connectivity index (χ0) is 20.7. The molecular weight excluding hydrogens is 358 g/mol. The minimum atomic E-state index is -0.0858. The molecule has 2 aliphatic rings. The Balaban J connectivity index is 1.61. The van der Waals surface area contributed by atoms with Crippen LogP contribution in [-0.4, -0.2) is 24.3 Å². The van der Waals surface area contributed by atoms with E-state index in [2.05, 4.69) is 42.5 Å². The molecule has 0 spiro atoms. The summed E-state index contributed by atoms with van der Waals surface area (Å²) in [4.78, 5) is 13.8. The van der Waals surface area contributed by atoms with E-state index in [1.165, 1.54) is 71.3 Å². The number of methoxy groups -OCH3 is 1. The van der Waals surface area contributed by atoms with Gasteiger partial charge in [0.05, 0.1) is 7.11 Å². The van der Waals surface area contributed by atoms with Gasteiger partial charge in [-0.2, -0.15) is 0 Å². The predicted molar refractivity (Wildman–Crippen MR) is 122 cm³/mol. The molecule has 0 atom stereocenters. The maximum Gasteiger partial charge on any atom is 0.220 e. The van der Waals surface area contributed by atoms with Crippen molar-refractivity contribution < 1.29 is 9.53 Å². The number of rotatable bonds is 13. The van der Waals surface area contributed by atoms with Crippen molar-refractivity contribution >= 4 is 5.78 Å². The second-order valence-corrected chi connectivity index (χ2v) is 7.79. The molecule has 0 radical (unpaired) electrons. The molecule has 1 heterocycles. The van der Waals surface area contributed by atoms with Crippen molar-refractivity contribution in [2.24, 2.45) is 0 Å². The molecule has 0 aromatic carbocycles. The first-order chi connectivity index (χ1) is 14.2. The number of hydrogen-bond donors (Lipinski definition) is 0. The Morgan fingerprint density at radius 3 is 2.00 bits per heavy atom. The molecule has 3 heteroatoms. The number of ketones is 1. The average Bonchev–Trinajstić information content (AvgIpc) is 2.75. The third-order valence-corrected chi connectivity index (χ3v) is 5.34. The predicted octanol–water partition coefficient (Wildman–Crippen LogP) is 6.77. The highest BCUT2D eigenvalue weighted by Gasteiger charge is 2.10. The molecule has 3 nitrogen and oxygen atoms in total. The van der Waals surface area contributed by atoms with E-state index in [0.29, 0.717) is 5.76 Å². The van der Waals surface area contributed by atoms with Gasteiger partial charge >= 0.3 is 0 Å². The Kier molecular flexibility index (Phi) is 11.0. The molecule has 0 fully saturated rings. The van der Waals surface area contributed by atoms with Gasteiger partial charge in [0.25, 0.3) is 0 Å². The van der Waals surface area contributed by atoms with E-state index in [0.717, 1.165) is 17.7 Å². The molecule has 1 aliphatic heterocycles. The van der Waals surface area contributed by atoms with Gasteiger partial charge in [0.15, 0.2) is 5.76 Å². The SMILES string of the molecule is CCCCCCCCCCCCN1C=CC(=CC=C2C=CC(=O)C(OC)=C2)C=C1. The lowest BCUT2D eigenvalue weighted by Crippen LogP contribution is -2.13. The third kappa shape index (κ3) is 9.17. The monoisotopic (exact) mass is 395 g/mol. The first-order valence-electron chi connectivity index (χ1n) is 11.2. The number of allylic oxidation sites excluding steroid dienone is 9. The zero-order valence-corrected chi connectivity index (χ0v) is 18.2. The van der Waals surface area contributed by atoms with Crippen LogP contribution >= 0.6 is 0 Å². The molecule has 29 heavy (non-hydrogen) atoms. The van der Waals surface area contributed by atoms with Gasteiger partial charge in [-0.25, -0.2) is 0 Å². The summed E-state index contributed by atoms with van der Waals surface area (Å²) in [6.45, 7) is 3.36. The normalized spacial score (nSPS) is 17.2. The van der Waals surface area contributed by atoms with Crippen LogP contribution in [0.3, 0.4) is 0 Å². The number of hydrogen-bond acceptors (Lipinski definition) is 3. The summed E-state index contributed by atoms with van der Waals surface area (Å²) in [5, 5.41) is 0. The van der Waals surface area contributed by atoms with Crippen LogP contribution in [0.1, 0.15) is 71.1 Å². The van der Waals surface area contributed by atoms with Crippen molar-refractivity contribution in [3.8, 4) is 0 Å². The van der Waals surface area contributed by atoms with Crippen molar-refractivity contribution in [2.45, 2.75) is 71.1 Å². The topological polar surface area (TPSA) is 29.5 Å². The number of nitrogens with zero attached hydrogens (tertiary/aromatic N) is 1. The van der Waals surface area contributed by atoms with Crippen LogP contribution in [0.4, 0.5) is 0 Å². The van der Waals surface area contributed by atoms with Gasteiger partial charge in [-0.15, -0.1) is 0 Å². The first-order valence-corrected chi connectivity index (χ1v) is 11.2. The van der Waals surface area contributed by atoms with Gasteiger partial charge in [-0.05, 0) is 41.9 Å². The van der Waals surface area contributed by atoms with Gasteiger partial charge < -0.3 is 9.64 Å². The maximum atomic E-state index is 11.6. The van der Waals surface area contributed by atoms with Crippen LogP contribution < -0.4 is 0 Å². The van der Waals surface area contributed by atoms with Crippen molar-refractivity contribution in [3.63, 3.8) is 0 Å². The van der Waals surface area contributed by atoms with Crippen molar-refractivity contribution in [1.82, 2.24) is 4.90 Å². The van der Waals surface area contributed by atoms with Gasteiger partial charge in [-0.1, -0.05) is 82.9 Å². The van der Waals surface area contributed by atoms with E-state index < -0.39 is 0 Å². The number of carbonyl (C=O) groups excluding carboxylic acids is 1. The van der Waals surface area contributed by atoms with Gasteiger partial charge in [0.2, 0.25) is 5.78 Å². The molecular formula is C26H37NO2. The molecule has 0 aromatic rings. The Labute approximate surface area is 177 Å². The van der Waals surface area contributed by atoms with Crippen LogP contribution in [0, 0.1) is 0 Å². The van der Waals surface area contributed by atoms with E-state index in [4.69, 9.17) is 4.74 Å². The van der Waals surface area contributed by atoms with Crippen LogP contribution in [0.5, 0.6) is 0 Å². The number of carbonyl (C=O) groups is 1. The molecule has 0 aromatic heterocycles. The van der Waals surface area contributed by atoms with Gasteiger partial charge in [0.1, 0.15) is 0 Å². The second-order valence-electron chi connectivity index (χ2n) is 7.79. The molecule has 0 saturated carbocycles. The number of unbranched alkanes of at least 4 members (excludes halogenated alkanes) is 9. The lowest BCUT2D eigenvalue weighted by molar-refractivity contribution is -0.114. The van der Waals surface area contributed by atoms with Crippen molar-refractivity contribution in [3.05, 3.63) is 71.8 Å². The second kappa shape index (κ2) is 13.8. The Bertz CT molecular complexity index is 675. The van der Waals surface area contributed by atoms with Crippen molar-refractivity contribution in [2.75, 3.05) is 13.7 Å². The van der Waals surface area contributed by atoms with E-state index in [9.17, 15) is 4.79 Å². The first kappa shape index (κ1) is 23.0. The molecule has 0 saturated heterocycles. The Morgan fingerprint density at radius 1 is 0.793 bits per heavy atom. The van der Waals surface area contributed by atoms with Crippen LogP contribution in [0.15, 0.2) is 71.8 Å². The van der Waals surface area contributed by atoms with Gasteiger partial charge in [-0.3, -0.25) is 4.79 Å². The van der Waals surface area contributed by atoms with Crippen molar-refractivity contribution in [1.29, 1.82) is 0 Å². The average molecular weight is 396 g/mol. The largest absolute Gasteiger partial charge is 0.493 e. The Morgan fingerprint density at radius 2 is 1.38 bits per heavy atom. The highest BCUT2D eigenvalue weighted by Crippen LogP contribution is 2.16. The quantitative estimate of drug-likeness (QED) is 0.322. The summed E-state index contributed by atoms with van der Waals surface area (Å²) < 4.78 is 5.09. The summed E-state index contributed by atoms with van der Waals surface area (Å²) in [7, 11) is 1.52. The maximum absolute atomic E-state index is 11.6. The highest BCUT2D eigenvalue weighted by molar-refractivity contribution is 6.04. The minimum Gasteiger partial charge on any atom is -0.493 e. The molecule has 0 N–H and O–H groups in total. The van der Waals surface area contributed by atoms with Crippen LogP contribution in [-0.2, 0) is 9.53 Å². The van der Waals surface area contributed by atoms with E-state index in [1.807, 2.05) is 12.2 Å².